The Morgan fingerprint density at radius 2 is 1.57 bits per heavy atom. The van der Waals surface area contributed by atoms with Gasteiger partial charge in [0.2, 0.25) is 0 Å². The van der Waals surface area contributed by atoms with Crippen molar-refractivity contribution >= 4 is 5.78 Å². The van der Waals surface area contributed by atoms with Gasteiger partial charge in [0, 0.05) is 19.1 Å². The van der Waals surface area contributed by atoms with E-state index in [4.69, 9.17) is 16.1 Å². The third kappa shape index (κ3) is 17.6. The molecule has 0 saturated heterocycles. The van der Waals surface area contributed by atoms with Crippen LogP contribution in [-0.2, 0) is 14.3 Å². The van der Waals surface area contributed by atoms with Crippen molar-refractivity contribution in [2.45, 2.75) is 163 Å². The summed E-state index contributed by atoms with van der Waals surface area (Å²) in [5, 5.41) is 3.70. The summed E-state index contributed by atoms with van der Waals surface area (Å²) in [4.78, 5) is 12.4. The second-order valence-electron chi connectivity index (χ2n) is 16.8. The molecule has 0 bridgehead atoms. The molecule has 2 saturated carbocycles. The van der Waals surface area contributed by atoms with E-state index in [0.717, 1.165) is 61.0 Å². The number of hydrogen-bond acceptors (Lipinski definition) is 4. The van der Waals surface area contributed by atoms with Crippen LogP contribution in [0.1, 0.15) is 157 Å². The lowest BCUT2D eigenvalue weighted by Crippen LogP contribution is -2.42. The third-order valence-corrected chi connectivity index (χ3v) is 11.0. The van der Waals surface area contributed by atoms with Crippen LogP contribution in [0.25, 0.3) is 0 Å². The molecule has 2 aliphatic rings. The average molecular weight is 744 g/mol. The van der Waals surface area contributed by atoms with Crippen LogP contribution in [0.2, 0.25) is 0 Å². The van der Waals surface area contributed by atoms with E-state index in [9.17, 15) is 4.79 Å². The topological polar surface area (TPSA) is 47.6 Å². The standard InChI is InChI=1S/C46H69NO3.C3H8.CH4/c1-11-12-20-39(35(4)34(3)28-27-33(2)31-44(37(6)48)40-21-15-13-16-22-40)29-30-49-32-42-25-19-26-43(42)36(5)45(41-23-17-14-18-24-41)47-38(7)50-46(8,9)10;1-3-2;/h11,13,15-16,21-22,39,41-45,47H,1-5,7,12,14,17-20,23-32H2,6,8-10H3;3H2,1-2H3;1H4. The molecule has 0 radical (unpaired) electrons. The monoisotopic (exact) mass is 744 g/mol. The number of hydrogen-bond donors (Lipinski definition) is 1. The fourth-order valence-corrected chi connectivity index (χ4v) is 8.13. The number of benzene rings is 1. The first-order valence-electron chi connectivity index (χ1n) is 20.8. The van der Waals surface area contributed by atoms with Crippen molar-refractivity contribution in [3.05, 3.63) is 110 Å². The summed E-state index contributed by atoms with van der Waals surface area (Å²) < 4.78 is 12.6. The van der Waals surface area contributed by atoms with E-state index in [1.807, 2.05) is 36.4 Å². The van der Waals surface area contributed by atoms with Gasteiger partial charge >= 0.3 is 0 Å². The Bertz CT molecular complexity index is 1310. The number of allylic oxidation sites excluding steroid dienone is 4. The summed E-state index contributed by atoms with van der Waals surface area (Å²) in [6.45, 7) is 39.8. The zero-order chi connectivity index (χ0) is 39.4. The maximum atomic E-state index is 12.4. The third-order valence-electron chi connectivity index (χ3n) is 11.0. The van der Waals surface area contributed by atoms with E-state index in [0.29, 0.717) is 42.6 Å². The SMILES string of the molecule is C.C=CCCC(CCOCC1CCCC1C(=C)C(NC(=C)OC(C)(C)C)C1CCCCC1)C(=C)C(=C)CCC(=C)CC(C(C)=O)c1ccccc1.CCC. The molecule has 1 aromatic carbocycles. The number of carbonyl (C=O) groups excluding carboxylic acids is 1. The van der Waals surface area contributed by atoms with Crippen molar-refractivity contribution in [1.29, 1.82) is 0 Å². The minimum atomic E-state index is -0.287. The molecule has 3 rings (SSSR count). The van der Waals surface area contributed by atoms with E-state index >= 15 is 0 Å². The van der Waals surface area contributed by atoms with Gasteiger partial charge in [0.15, 0.2) is 5.88 Å². The molecule has 1 N–H and O–H groups in total. The molecule has 304 valence electrons. The predicted molar refractivity (Wildman–Crippen MR) is 236 cm³/mol. The van der Waals surface area contributed by atoms with Gasteiger partial charge in [-0.25, -0.2) is 0 Å². The Labute approximate surface area is 333 Å². The lowest BCUT2D eigenvalue weighted by molar-refractivity contribution is -0.118. The Balaban J connectivity index is 0.00000352. The molecule has 2 fully saturated rings. The molecule has 0 spiro atoms. The lowest BCUT2D eigenvalue weighted by atomic mass is 9.76. The largest absolute Gasteiger partial charge is 0.474 e. The van der Waals surface area contributed by atoms with Crippen molar-refractivity contribution < 1.29 is 14.3 Å². The summed E-state index contributed by atoms with van der Waals surface area (Å²) in [6.07, 6.45) is 18.3. The van der Waals surface area contributed by atoms with Crippen molar-refractivity contribution in [3.63, 3.8) is 0 Å². The highest BCUT2D eigenvalue weighted by Gasteiger charge is 2.36. The number of ketones is 1. The van der Waals surface area contributed by atoms with Crippen LogP contribution in [0.4, 0.5) is 0 Å². The normalized spacial score (nSPS) is 18.8. The van der Waals surface area contributed by atoms with Crippen molar-refractivity contribution in [3.8, 4) is 0 Å². The van der Waals surface area contributed by atoms with Gasteiger partial charge in [0.05, 0.1) is 6.04 Å². The molecule has 54 heavy (non-hydrogen) atoms. The first-order chi connectivity index (χ1) is 25.2. The Morgan fingerprint density at radius 1 is 0.926 bits per heavy atom. The summed E-state index contributed by atoms with van der Waals surface area (Å²) in [6, 6.07) is 10.2. The van der Waals surface area contributed by atoms with E-state index in [1.165, 1.54) is 63.4 Å². The van der Waals surface area contributed by atoms with Gasteiger partial charge in [-0.1, -0.05) is 133 Å². The summed E-state index contributed by atoms with van der Waals surface area (Å²) in [5.74, 6) is 2.48. The quantitative estimate of drug-likeness (QED) is 0.0525. The van der Waals surface area contributed by atoms with Gasteiger partial charge in [-0.15, -0.1) is 6.58 Å². The first-order valence-corrected chi connectivity index (χ1v) is 20.8. The molecule has 5 unspecified atom stereocenters. The highest BCUT2D eigenvalue weighted by molar-refractivity contribution is 5.83. The van der Waals surface area contributed by atoms with Gasteiger partial charge in [0.1, 0.15) is 11.4 Å². The molecule has 2 aliphatic carbocycles. The molecule has 5 atom stereocenters. The van der Waals surface area contributed by atoms with Gasteiger partial charge in [-0.2, -0.15) is 0 Å². The molecule has 1 aromatic rings. The summed E-state index contributed by atoms with van der Waals surface area (Å²) in [7, 11) is 0. The molecule has 0 aliphatic heterocycles. The Kier molecular flexibility index (Phi) is 23.4. The number of rotatable bonds is 23. The molecule has 0 amide bonds. The van der Waals surface area contributed by atoms with E-state index in [2.05, 4.69) is 72.8 Å². The fourth-order valence-electron chi connectivity index (χ4n) is 8.13. The van der Waals surface area contributed by atoms with Crippen LogP contribution in [0.5, 0.6) is 0 Å². The minimum Gasteiger partial charge on any atom is -0.474 e. The van der Waals surface area contributed by atoms with Crippen molar-refractivity contribution in [1.82, 2.24) is 5.32 Å². The summed E-state index contributed by atoms with van der Waals surface area (Å²) in [5.41, 5.74) is 5.35. The van der Waals surface area contributed by atoms with E-state index in [-0.39, 0.29) is 30.8 Å². The smallest absolute Gasteiger partial charge is 0.180 e. The molecular formula is C50H81NO3. The van der Waals surface area contributed by atoms with Gasteiger partial charge in [-0.3, -0.25) is 4.79 Å². The van der Waals surface area contributed by atoms with E-state index in [1.54, 1.807) is 6.92 Å². The maximum Gasteiger partial charge on any atom is 0.180 e. The summed E-state index contributed by atoms with van der Waals surface area (Å²) >= 11 is 0. The minimum absolute atomic E-state index is 0. The second-order valence-corrected chi connectivity index (χ2v) is 16.8. The maximum absolute atomic E-state index is 12.4. The molecule has 4 heteroatoms. The number of ether oxygens (including phenoxy) is 2. The van der Waals surface area contributed by atoms with Crippen LogP contribution in [0.3, 0.4) is 0 Å². The Hall–Kier alpha value is -3.11. The zero-order valence-electron chi connectivity index (χ0n) is 34.9. The Morgan fingerprint density at radius 3 is 2.17 bits per heavy atom. The van der Waals surface area contributed by atoms with E-state index < -0.39 is 0 Å². The fraction of sp³-hybridized carbons (Fsp3) is 0.620. The van der Waals surface area contributed by atoms with Gasteiger partial charge < -0.3 is 14.8 Å². The molecule has 0 aromatic heterocycles. The van der Waals surface area contributed by atoms with Crippen molar-refractivity contribution in [2.75, 3.05) is 13.2 Å². The zero-order valence-corrected chi connectivity index (χ0v) is 34.9. The highest BCUT2D eigenvalue weighted by Crippen LogP contribution is 2.41. The second kappa shape index (κ2) is 25.9. The van der Waals surface area contributed by atoms with Crippen LogP contribution < -0.4 is 5.32 Å². The number of Topliss-reactive ketones (excluding diaryl/α,β-unsaturated/α-hetero) is 1. The van der Waals surface area contributed by atoms with Crippen molar-refractivity contribution in [2.24, 2.45) is 23.7 Å². The highest BCUT2D eigenvalue weighted by atomic mass is 16.5. The molecule has 4 nitrogen and oxygen atoms in total. The van der Waals surface area contributed by atoms with Gasteiger partial charge in [0.25, 0.3) is 0 Å². The van der Waals surface area contributed by atoms with Crippen LogP contribution in [0.15, 0.2) is 104 Å². The van der Waals surface area contributed by atoms with Crippen LogP contribution in [-0.4, -0.2) is 30.6 Å². The first kappa shape index (κ1) is 48.9. The predicted octanol–water partition coefficient (Wildman–Crippen LogP) is 14.0. The molecular weight excluding hydrogens is 663 g/mol. The van der Waals surface area contributed by atoms with Crippen LogP contribution in [0, 0.1) is 23.7 Å². The number of nitrogens with one attached hydrogen (secondary N) is 1. The van der Waals surface area contributed by atoms with Gasteiger partial charge in [-0.05, 0) is 133 Å². The number of carbonyl (C=O) groups is 1. The molecule has 0 heterocycles. The van der Waals surface area contributed by atoms with Crippen LogP contribution >= 0.6 is 0 Å². The lowest BCUT2D eigenvalue weighted by Gasteiger charge is -2.37. The average Bonchev–Trinajstić information content (AvgIpc) is 3.59.